The molecule has 118 valence electrons. The van der Waals surface area contributed by atoms with Crippen molar-refractivity contribution in [1.29, 1.82) is 0 Å². The number of carbonyl (C=O) groups is 1. The molecule has 2 amide bonds. The number of nitrogens with zero attached hydrogens (tertiary/aromatic N) is 5. The first kappa shape index (κ1) is 15.9. The number of hydrogen-bond acceptors (Lipinski definition) is 6. The van der Waals surface area contributed by atoms with E-state index in [4.69, 9.17) is 4.52 Å². The molecule has 0 unspecified atom stereocenters. The van der Waals surface area contributed by atoms with Crippen molar-refractivity contribution in [2.45, 2.75) is 39.7 Å². The fourth-order valence-electron chi connectivity index (χ4n) is 1.69. The molecule has 0 spiro atoms. The molecule has 8 heteroatoms. The molecule has 2 aromatic heterocycles. The molecule has 2 rings (SSSR count). The summed E-state index contributed by atoms with van der Waals surface area (Å²) in [5, 5.41) is 14.6. The number of carbonyl (C=O) groups excluding carboxylic acids is 1. The minimum Gasteiger partial charge on any atom is -0.340 e. The Morgan fingerprint density at radius 1 is 1.32 bits per heavy atom. The highest BCUT2D eigenvalue weighted by molar-refractivity contribution is 5.87. The van der Waals surface area contributed by atoms with E-state index in [1.807, 2.05) is 6.07 Å². The summed E-state index contributed by atoms with van der Waals surface area (Å²) in [6, 6.07) is 3.27. The summed E-state index contributed by atoms with van der Waals surface area (Å²) in [5.74, 6) is 1.31. The number of amides is 2. The van der Waals surface area contributed by atoms with Gasteiger partial charge in [0, 0.05) is 19.4 Å². The van der Waals surface area contributed by atoms with E-state index in [0.717, 1.165) is 5.69 Å². The van der Waals surface area contributed by atoms with E-state index in [9.17, 15) is 4.79 Å². The van der Waals surface area contributed by atoms with Crippen molar-refractivity contribution in [3.63, 3.8) is 0 Å². The van der Waals surface area contributed by atoms with Gasteiger partial charge in [0.25, 0.3) is 0 Å². The third-order valence-corrected chi connectivity index (χ3v) is 2.96. The number of hydrogen-bond donors (Lipinski definition) is 1. The SMILES string of the molecule is Cc1nc(CN(C)C(=O)Nc2ccc(C(C)(C)C)nn2)no1. The summed E-state index contributed by atoms with van der Waals surface area (Å²) >= 11 is 0. The Labute approximate surface area is 128 Å². The maximum absolute atomic E-state index is 12.1. The molecular formula is C14H20N6O2. The van der Waals surface area contributed by atoms with Crippen molar-refractivity contribution in [3.05, 3.63) is 29.5 Å². The van der Waals surface area contributed by atoms with Crippen LogP contribution >= 0.6 is 0 Å². The molecule has 1 N–H and O–H groups in total. The predicted molar refractivity (Wildman–Crippen MR) is 80.3 cm³/mol. The molecule has 0 radical (unpaired) electrons. The third-order valence-electron chi connectivity index (χ3n) is 2.96. The number of aryl methyl sites for hydroxylation is 1. The molecule has 0 bridgehead atoms. The monoisotopic (exact) mass is 304 g/mol. The van der Waals surface area contributed by atoms with Crippen LogP contribution in [0.4, 0.5) is 10.6 Å². The second kappa shape index (κ2) is 6.08. The van der Waals surface area contributed by atoms with Crippen molar-refractivity contribution in [2.24, 2.45) is 0 Å². The first-order chi connectivity index (χ1) is 10.3. The number of aromatic nitrogens is 4. The van der Waals surface area contributed by atoms with Crippen molar-refractivity contribution in [1.82, 2.24) is 25.2 Å². The van der Waals surface area contributed by atoms with E-state index < -0.39 is 0 Å². The maximum Gasteiger partial charge on any atom is 0.323 e. The summed E-state index contributed by atoms with van der Waals surface area (Å²) in [6.45, 7) is 8.10. The Morgan fingerprint density at radius 2 is 2.05 bits per heavy atom. The van der Waals surface area contributed by atoms with Gasteiger partial charge in [-0.15, -0.1) is 5.10 Å². The van der Waals surface area contributed by atoms with Crippen molar-refractivity contribution < 1.29 is 9.32 Å². The van der Waals surface area contributed by atoms with Gasteiger partial charge in [-0.05, 0) is 12.1 Å². The van der Waals surface area contributed by atoms with E-state index >= 15 is 0 Å². The highest BCUT2D eigenvalue weighted by Crippen LogP contribution is 2.19. The van der Waals surface area contributed by atoms with E-state index in [2.05, 4.69) is 46.4 Å². The Morgan fingerprint density at radius 3 is 2.55 bits per heavy atom. The topological polar surface area (TPSA) is 97.0 Å². The summed E-state index contributed by atoms with van der Waals surface area (Å²) < 4.78 is 4.87. The largest absolute Gasteiger partial charge is 0.340 e. The van der Waals surface area contributed by atoms with Crippen LogP contribution in [0.5, 0.6) is 0 Å². The van der Waals surface area contributed by atoms with Crippen LogP contribution in [-0.4, -0.2) is 38.3 Å². The average molecular weight is 304 g/mol. The molecule has 0 atom stereocenters. The van der Waals surface area contributed by atoms with Crippen LogP contribution in [0.15, 0.2) is 16.7 Å². The summed E-state index contributed by atoms with van der Waals surface area (Å²) in [6.07, 6.45) is 0. The van der Waals surface area contributed by atoms with Gasteiger partial charge in [-0.3, -0.25) is 5.32 Å². The molecule has 2 heterocycles. The molecule has 0 saturated heterocycles. The third kappa shape index (κ3) is 4.00. The lowest BCUT2D eigenvalue weighted by atomic mass is 9.92. The summed E-state index contributed by atoms with van der Waals surface area (Å²) in [4.78, 5) is 17.6. The van der Waals surface area contributed by atoms with Gasteiger partial charge < -0.3 is 9.42 Å². The van der Waals surface area contributed by atoms with Gasteiger partial charge in [0.05, 0.1) is 12.2 Å². The van der Waals surface area contributed by atoms with Crippen LogP contribution in [0.25, 0.3) is 0 Å². The Hall–Kier alpha value is -2.51. The zero-order chi connectivity index (χ0) is 16.3. The predicted octanol–water partition coefficient (Wildman–Crippen LogP) is 2.13. The number of urea groups is 1. The van der Waals surface area contributed by atoms with Crippen LogP contribution in [-0.2, 0) is 12.0 Å². The lowest BCUT2D eigenvalue weighted by molar-refractivity contribution is 0.219. The quantitative estimate of drug-likeness (QED) is 0.933. The van der Waals surface area contributed by atoms with Gasteiger partial charge in [0.2, 0.25) is 5.89 Å². The Balaban J connectivity index is 1.96. The van der Waals surface area contributed by atoms with Gasteiger partial charge in [-0.25, -0.2) is 4.79 Å². The van der Waals surface area contributed by atoms with Gasteiger partial charge in [-0.1, -0.05) is 25.9 Å². The van der Waals surface area contributed by atoms with E-state index in [1.54, 1.807) is 20.0 Å². The molecule has 0 aliphatic rings. The zero-order valence-corrected chi connectivity index (χ0v) is 13.4. The highest BCUT2D eigenvalue weighted by atomic mass is 16.5. The molecule has 2 aromatic rings. The zero-order valence-electron chi connectivity index (χ0n) is 13.4. The minimum absolute atomic E-state index is 0.0805. The van der Waals surface area contributed by atoms with Crippen LogP contribution in [0, 0.1) is 6.92 Å². The van der Waals surface area contributed by atoms with Crippen LogP contribution in [0.3, 0.4) is 0 Å². The van der Waals surface area contributed by atoms with Crippen LogP contribution < -0.4 is 5.32 Å². The van der Waals surface area contributed by atoms with Crippen molar-refractivity contribution in [3.8, 4) is 0 Å². The molecule has 22 heavy (non-hydrogen) atoms. The molecule has 0 fully saturated rings. The minimum atomic E-state index is -0.319. The summed E-state index contributed by atoms with van der Waals surface area (Å²) in [5.41, 5.74) is 0.782. The van der Waals surface area contributed by atoms with Crippen molar-refractivity contribution >= 4 is 11.8 Å². The lowest BCUT2D eigenvalue weighted by Crippen LogP contribution is -2.31. The Bertz CT molecular complexity index is 644. The second-order valence-electron chi connectivity index (χ2n) is 6.07. The normalized spacial score (nSPS) is 11.3. The number of rotatable bonds is 3. The van der Waals surface area contributed by atoms with Gasteiger partial charge >= 0.3 is 6.03 Å². The Kier molecular flexibility index (Phi) is 4.39. The smallest absolute Gasteiger partial charge is 0.323 e. The molecule has 0 saturated carbocycles. The molecule has 0 aromatic carbocycles. The van der Waals surface area contributed by atoms with Gasteiger partial charge in [-0.2, -0.15) is 10.1 Å². The number of anilines is 1. The first-order valence-corrected chi connectivity index (χ1v) is 6.91. The van der Waals surface area contributed by atoms with E-state index in [-0.39, 0.29) is 18.0 Å². The van der Waals surface area contributed by atoms with Gasteiger partial charge in [0.1, 0.15) is 0 Å². The summed E-state index contributed by atoms with van der Waals surface area (Å²) in [7, 11) is 1.64. The molecule has 0 aliphatic heterocycles. The van der Waals surface area contributed by atoms with Crippen LogP contribution in [0.2, 0.25) is 0 Å². The van der Waals surface area contributed by atoms with E-state index in [1.165, 1.54) is 4.90 Å². The molecule has 0 aliphatic carbocycles. The molecular weight excluding hydrogens is 284 g/mol. The van der Waals surface area contributed by atoms with Gasteiger partial charge in [0.15, 0.2) is 11.6 Å². The first-order valence-electron chi connectivity index (χ1n) is 6.91. The lowest BCUT2D eigenvalue weighted by Gasteiger charge is -2.18. The fourth-order valence-corrected chi connectivity index (χ4v) is 1.69. The fraction of sp³-hybridized carbons (Fsp3) is 0.500. The van der Waals surface area contributed by atoms with E-state index in [0.29, 0.717) is 17.5 Å². The average Bonchev–Trinajstić information content (AvgIpc) is 2.83. The number of nitrogens with one attached hydrogen (secondary N) is 1. The van der Waals surface area contributed by atoms with Crippen molar-refractivity contribution in [2.75, 3.05) is 12.4 Å². The highest BCUT2D eigenvalue weighted by Gasteiger charge is 2.17. The molecule has 8 nitrogen and oxygen atoms in total. The second-order valence-corrected chi connectivity index (χ2v) is 6.07. The maximum atomic E-state index is 12.1. The van der Waals surface area contributed by atoms with Crippen LogP contribution in [0.1, 0.15) is 38.2 Å². The standard InChI is InChI=1S/C14H20N6O2/c1-9-15-12(19-22-9)8-20(5)13(21)16-11-7-6-10(17-18-11)14(2,3)4/h6-7H,8H2,1-5H3,(H,16,18,21).